The van der Waals surface area contributed by atoms with Crippen molar-refractivity contribution in [2.45, 2.75) is 128 Å². The van der Waals surface area contributed by atoms with Gasteiger partial charge in [-0.05, 0) is 112 Å². The van der Waals surface area contributed by atoms with Crippen molar-refractivity contribution < 1.29 is 47.6 Å². The molecule has 0 atom stereocenters. The van der Waals surface area contributed by atoms with Gasteiger partial charge >= 0.3 is 23.9 Å². The fourth-order valence-corrected chi connectivity index (χ4v) is 8.31. The molecule has 12 heteroatoms. The average Bonchev–Trinajstić information content (AvgIpc) is 3.20. The van der Waals surface area contributed by atoms with Crippen LogP contribution in [-0.4, -0.2) is 73.3 Å². The normalized spacial score (nSPS) is 22.1. The zero-order valence-corrected chi connectivity index (χ0v) is 34.7. The van der Waals surface area contributed by atoms with Gasteiger partial charge in [0.25, 0.3) is 0 Å². The summed E-state index contributed by atoms with van der Waals surface area (Å²) < 4.78 is 35.3. The number of carbonyl (C=O) groups excluding carboxylic acids is 4. The molecule has 0 saturated heterocycles. The first-order valence-electron chi connectivity index (χ1n) is 20.5. The summed E-state index contributed by atoms with van der Waals surface area (Å²) in [6.07, 6.45) is 11.9. The SMILES string of the molecule is CCCC1CCC(OC(=O)c2ccc(OCCCOC(=O)CCCl)cc2)(C2(OC(=O)c3ccc(OCCCOC(=O)CCCl)cc3)CCC(CCC)CC2)CC1. The summed E-state index contributed by atoms with van der Waals surface area (Å²) in [7, 11) is 0. The van der Waals surface area contributed by atoms with Gasteiger partial charge in [0.1, 0.15) is 11.5 Å². The highest BCUT2D eigenvalue weighted by Gasteiger charge is 2.59. The van der Waals surface area contributed by atoms with E-state index in [2.05, 4.69) is 13.8 Å². The summed E-state index contributed by atoms with van der Waals surface area (Å²) in [6.45, 7) is 5.56. The van der Waals surface area contributed by atoms with Gasteiger partial charge in [0.15, 0.2) is 11.2 Å². The first-order chi connectivity index (χ1) is 27.2. The fourth-order valence-electron chi connectivity index (χ4n) is 8.00. The lowest BCUT2D eigenvalue weighted by molar-refractivity contribution is -0.194. The number of carbonyl (C=O) groups is 4. The monoisotopic (exact) mass is 818 g/mol. The lowest BCUT2D eigenvalue weighted by atomic mass is 9.62. The molecule has 2 aliphatic carbocycles. The van der Waals surface area contributed by atoms with Crippen LogP contribution in [0, 0.1) is 11.8 Å². The quantitative estimate of drug-likeness (QED) is 0.0463. The Morgan fingerprint density at radius 1 is 0.571 bits per heavy atom. The Morgan fingerprint density at radius 3 is 1.25 bits per heavy atom. The first kappa shape index (κ1) is 45.2. The molecule has 0 bridgehead atoms. The average molecular weight is 820 g/mol. The van der Waals surface area contributed by atoms with Crippen LogP contribution in [-0.2, 0) is 28.5 Å². The molecule has 0 aliphatic heterocycles. The molecule has 0 unspecified atom stereocenters. The van der Waals surface area contributed by atoms with Crippen LogP contribution in [0.5, 0.6) is 11.5 Å². The number of esters is 4. The van der Waals surface area contributed by atoms with Gasteiger partial charge in [-0.25, -0.2) is 9.59 Å². The smallest absolute Gasteiger partial charge is 0.338 e. The highest BCUT2D eigenvalue weighted by Crippen LogP contribution is 2.53. The van der Waals surface area contributed by atoms with Crippen molar-refractivity contribution in [3.8, 4) is 11.5 Å². The topological polar surface area (TPSA) is 124 Å². The van der Waals surface area contributed by atoms with E-state index in [1.54, 1.807) is 48.5 Å². The van der Waals surface area contributed by atoms with Gasteiger partial charge < -0.3 is 28.4 Å². The van der Waals surface area contributed by atoms with E-state index in [0.29, 0.717) is 86.2 Å². The van der Waals surface area contributed by atoms with E-state index in [0.717, 1.165) is 51.4 Å². The summed E-state index contributed by atoms with van der Waals surface area (Å²) in [6, 6.07) is 13.7. The molecule has 0 N–H and O–H groups in total. The van der Waals surface area contributed by atoms with E-state index < -0.39 is 23.1 Å². The number of halogens is 2. The first-order valence-corrected chi connectivity index (χ1v) is 21.6. The van der Waals surface area contributed by atoms with E-state index in [1.165, 1.54) is 0 Å². The van der Waals surface area contributed by atoms with Gasteiger partial charge in [0.05, 0.1) is 50.4 Å². The number of alkyl halides is 2. The van der Waals surface area contributed by atoms with Gasteiger partial charge in [-0.3, -0.25) is 9.59 Å². The molecule has 2 aromatic rings. The Kier molecular flexibility index (Phi) is 19.1. The second-order valence-electron chi connectivity index (χ2n) is 15.0. The molecule has 4 rings (SSSR count). The molecule has 56 heavy (non-hydrogen) atoms. The lowest BCUT2D eigenvalue weighted by Gasteiger charge is -2.54. The Hall–Kier alpha value is -3.50. The maximum Gasteiger partial charge on any atom is 0.338 e. The van der Waals surface area contributed by atoms with E-state index >= 15 is 0 Å². The Morgan fingerprint density at radius 2 is 0.929 bits per heavy atom. The molecule has 0 heterocycles. The number of rotatable bonds is 23. The molecule has 0 amide bonds. The predicted octanol–water partition coefficient (Wildman–Crippen LogP) is 10.0. The number of ether oxygens (including phenoxy) is 6. The third kappa shape index (κ3) is 13.6. The maximum absolute atomic E-state index is 14.1. The number of hydrogen-bond donors (Lipinski definition) is 0. The van der Waals surface area contributed by atoms with Crippen LogP contribution in [0.3, 0.4) is 0 Å². The van der Waals surface area contributed by atoms with Crippen LogP contribution < -0.4 is 9.47 Å². The van der Waals surface area contributed by atoms with Crippen molar-refractivity contribution in [2.24, 2.45) is 11.8 Å². The molecule has 0 spiro atoms. The van der Waals surface area contributed by atoms with E-state index in [-0.39, 0.29) is 49.8 Å². The molecule has 0 aromatic heterocycles. The molecular formula is C44H60Cl2O10. The summed E-state index contributed by atoms with van der Waals surface area (Å²) in [5.74, 6) is 1.12. The largest absolute Gasteiger partial charge is 0.493 e. The second-order valence-corrected chi connectivity index (χ2v) is 15.8. The Bertz CT molecular complexity index is 1380. The second kappa shape index (κ2) is 23.7. The van der Waals surface area contributed by atoms with Crippen LogP contribution in [0.2, 0.25) is 0 Å². The predicted molar refractivity (Wildman–Crippen MR) is 216 cm³/mol. The van der Waals surface area contributed by atoms with Crippen LogP contribution >= 0.6 is 23.2 Å². The highest BCUT2D eigenvalue weighted by molar-refractivity contribution is 6.19. The van der Waals surface area contributed by atoms with Crippen LogP contribution in [0.4, 0.5) is 0 Å². The van der Waals surface area contributed by atoms with Crippen molar-refractivity contribution in [3.05, 3.63) is 59.7 Å². The molecule has 0 radical (unpaired) electrons. The Labute approximate surface area is 342 Å². The minimum atomic E-state index is -0.979. The van der Waals surface area contributed by atoms with Gasteiger partial charge in [0.2, 0.25) is 0 Å². The minimum Gasteiger partial charge on any atom is -0.493 e. The van der Waals surface area contributed by atoms with Crippen molar-refractivity contribution >= 4 is 47.1 Å². The van der Waals surface area contributed by atoms with Crippen molar-refractivity contribution in [3.63, 3.8) is 0 Å². The lowest BCUT2D eigenvalue weighted by Crippen LogP contribution is -2.61. The van der Waals surface area contributed by atoms with Gasteiger partial charge in [0, 0.05) is 24.6 Å². The molecule has 310 valence electrons. The molecule has 2 aromatic carbocycles. The number of benzene rings is 2. The minimum absolute atomic E-state index is 0.175. The number of hydrogen-bond acceptors (Lipinski definition) is 10. The molecule has 10 nitrogen and oxygen atoms in total. The Balaban J connectivity index is 1.48. The van der Waals surface area contributed by atoms with E-state index in [4.69, 9.17) is 51.6 Å². The fraction of sp³-hybridized carbons (Fsp3) is 0.636. The zero-order valence-electron chi connectivity index (χ0n) is 33.2. The summed E-state index contributed by atoms with van der Waals surface area (Å²) in [5.41, 5.74) is -1.17. The molecular weight excluding hydrogens is 759 g/mol. The van der Waals surface area contributed by atoms with E-state index in [1.807, 2.05) is 0 Å². The van der Waals surface area contributed by atoms with Crippen LogP contribution in [0.1, 0.15) is 137 Å². The third-order valence-corrected chi connectivity index (χ3v) is 11.4. The maximum atomic E-state index is 14.1. The van der Waals surface area contributed by atoms with Crippen LogP contribution in [0.25, 0.3) is 0 Å². The summed E-state index contributed by atoms with van der Waals surface area (Å²) in [4.78, 5) is 51.2. The summed E-state index contributed by atoms with van der Waals surface area (Å²) in [5, 5.41) is 0. The standard InChI is InChI=1S/C44H60Cl2O10/c1-3-7-33-17-23-43(24-18-33,55-41(49)35-9-13-37(14-10-35)51-29-5-31-53-39(47)21-27-45)44(25-19-34(8-4-2)20-26-44)56-42(50)36-11-15-38(16-12-36)52-30-6-32-54-40(48)22-28-46/h9-16,33-34H,3-8,17-32H2,1-2H3. The third-order valence-electron chi connectivity index (χ3n) is 11.0. The van der Waals surface area contributed by atoms with Crippen molar-refractivity contribution in [1.29, 1.82) is 0 Å². The zero-order chi connectivity index (χ0) is 40.2. The van der Waals surface area contributed by atoms with E-state index in [9.17, 15) is 19.2 Å². The highest BCUT2D eigenvalue weighted by atomic mass is 35.5. The molecule has 2 aliphatic rings. The molecule has 2 saturated carbocycles. The van der Waals surface area contributed by atoms with Gasteiger partial charge in [-0.15, -0.1) is 23.2 Å². The van der Waals surface area contributed by atoms with Gasteiger partial charge in [-0.2, -0.15) is 0 Å². The van der Waals surface area contributed by atoms with Crippen molar-refractivity contribution in [2.75, 3.05) is 38.2 Å². The van der Waals surface area contributed by atoms with Gasteiger partial charge in [-0.1, -0.05) is 39.5 Å². The van der Waals surface area contributed by atoms with Crippen molar-refractivity contribution in [1.82, 2.24) is 0 Å². The molecule has 2 fully saturated rings. The van der Waals surface area contributed by atoms with Crippen LogP contribution in [0.15, 0.2) is 48.5 Å². The summed E-state index contributed by atoms with van der Waals surface area (Å²) >= 11 is 11.2.